The highest BCUT2D eigenvalue weighted by molar-refractivity contribution is 8.18. The van der Waals surface area contributed by atoms with E-state index in [1.54, 1.807) is 18.2 Å². The molecule has 1 saturated heterocycles. The predicted octanol–water partition coefficient (Wildman–Crippen LogP) is 3.93. The number of ether oxygens (including phenoxy) is 1. The maximum atomic E-state index is 11.7. The number of aromatic hydroxyl groups is 1. The van der Waals surface area contributed by atoms with Crippen molar-refractivity contribution < 1.29 is 14.6 Å². The highest BCUT2D eigenvalue weighted by Gasteiger charge is 2.23. The summed E-state index contributed by atoms with van der Waals surface area (Å²) in [6.07, 6.45) is 1.83. The van der Waals surface area contributed by atoms with E-state index in [2.05, 4.69) is 10.3 Å². The van der Waals surface area contributed by atoms with E-state index in [9.17, 15) is 9.90 Å². The van der Waals surface area contributed by atoms with Gasteiger partial charge in [0.05, 0.1) is 17.7 Å². The lowest BCUT2D eigenvalue weighted by atomic mass is 10.2. The average molecular weight is 326 g/mol. The van der Waals surface area contributed by atoms with E-state index in [4.69, 9.17) is 4.74 Å². The van der Waals surface area contributed by atoms with E-state index in [0.29, 0.717) is 16.5 Å². The molecule has 6 heteroatoms. The maximum Gasteiger partial charge on any atom is 0.289 e. The molecule has 23 heavy (non-hydrogen) atoms. The molecule has 2 N–H and O–H groups in total. The van der Waals surface area contributed by atoms with Crippen LogP contribution in [0.4, 0.5) is 10.5 Å². The van der Waals surface area contributed by atoms with Crippen LogP contribution in [0.1, 0.15) is 5.56 Å². The van der Waals surface area contributed by atoms with Crippen LogP contribution in [0.25, 0.3) is 6.08 Å². The largest absolute Gasteiger partial charge is 0.504 e. The van der Waals surface area contributed by atoms with Crippen molar-refractivity contribution in [2.75, 3.05) is 7.11 Å². The van der Waals surface area contributed by atoms with Crippen LogP contribution in [0, 0.1) is 0 Å². The first-order valence-corrected chi connectivity index (χ1v) is 7.69. The molecule has 0 aromatic heterocycles. The summed E-state index contributed by atoms with van der Waals surface area (Å²) in [4.78, 5) is 16.9. The van der Waals surface area contributed by atoms with Gasteiger partial charge in [-0.25, -0.2) is 4.99 Å². The molecule has 1 fully saturated rings. The van der Waals surface area contributed by atoms with Crippen LogP contribution in [0.15, 0.2) is 58.4 Å². The van der Waals surface area contributed by atoms with E-state index in [1.165, 1.54) is 7.11 Å². The van der Waals surface area contributed by atoms with E-state index < -0.39 is 0 Å². The minimum absolute atomic E-state index is 0.0705. The van der Waals surface area contributed by atoms with Gasteiger partial charge in [0.25, 0.3) is 5.24 Å². The van der Waals surface area contributed by atoms with Crippen LogP contribution < -0.4 is 10.1 Å². The van der Waals surface area contributed by atoms with E-state index >= 15 is 0 Å². The molecule has 2 aromatic rings. The molecule has 116 valence electrons. The SMILES string of the molecule is COc1cc(/C=C2\SC(=O)NC2=Nc2ccccc2)ccc1O. The molecule has 0 atom stereocenters. The number of benzene rings is 2. The smallest absolute Gasteiger partial charge is 0.289 e. The van der Waals surface area contributed by atoms with E-state index in [1.807, 2.05) is 36.4 Å². The number of nitrogens with one attached hydrogen (secondary N) is 1. The normalized spacial score (nSPS) is 17.5. The molecule has 0 radical (unpaired) electrons. The molecule has 0 saturated carbocycles. The average Bonchev–Trinajstić information content (AvgIpc) is 2.89. The van der Waals surface area contributed by atoms with Crippen LogP contribution in [0.2, 0.25) is 0 Å². The molecule has 1 aliphatic rings. The van der Waals surface area contributed by atoms with Crippen molar-refractivity contribution >= 4 is 34.6 Å². The molecule has 1 amide bonds. The zero-order chi connectivity index (χ0) is 16.2. The molecular weight excluding hydrogens is 312 g/mol. The lowest BCUT2D eigenvalue weighted by Gasteiger charge is -2.04. The number of phenols is 1. The van der Waals surface area contributed by atoms with Crippen molar-refractivity contribution in [2.24, 2.45) is 4.99 Å². The standard InChI is InChI=1S/C17H14N2O3S/c1-22-14-9-11(7-8-13(14)20)10-15-16(19-17(21)23-15)18-12-5-3-2-4-6-12/h2-10,20H,1H3,(H,18,19,21)/b15-10-. The van der Waals surface area contributed by atoms with Crippen LogP contribution in [-0.2, 0) is 0 Å². The summed E-state index contributed by atoms with van der Waals surface area (Å²) in [5.41, 5.74) is 1.57. The van der Waals surface area contributed by atoms with Gasteiger partial charge in [-0.1, -0.05) is 24.3 Å². The van der Waals surface area contributed by atoms with Crippen molar-refractivity contribution in [3.05, 3.63) is 59.0 Å². The molecule has 0 unspecified atom stereocenters. The summed E-state index contributed by atoms with van der Waals surface area (Å²) in [6.45, 7) is 0. The fourth-order valence-corrected chi connectivity index (χ4v) is 2.82. The van der Waals surface area contributed by atoms with Gasteiger partial charge in [-0.2, -0.15) is 0 Å². The monoisotopic (exact) mass is 326 g/mol. The van der Waals surface area contributed by atoms with Crippen molar-refractivity contribution in [2.45, 2.75) is 0 Å². The minimum atomic E-state index is -0.170. The van der Waals surface area contributed by atoms with Crippen LogP contribution >= 0.6 is 11.8 Å². The fourth-order valence-electron chi connectivity index (χ4n) is 2.08. The molecule has 0 spiro atoms. The lowest BCUT2D eigenvalue weighted by Crippen LogP contribution is -2.18. The van der Waals surface area contributed by atoms with Crippen molar-refractivity contribution in [1.82, 2.24) is 5.32 Å². The molecule has 5 nitrogen and oxygen atoms in total. The first-order valence-electron chi connectivity index (χ1n) is 6.87. The Morgan fingerprint density at radius 1 is 1.22 bits per heavy atom. The molecule has 1 heterocycles. The van der Waals surface area contributed by atoms with Gasteiger partial charge in [0.1, 0.15) is 5.84 Å². The Labute approximate surface area is 137 Å². The van der Waals surface area contributed by atoms with Crippen LogP contribution in [0.5, 0.6) is 11.5 Å². The predicted molar refractivity (Wildman–Crippen MR) is 92.3 cm³/mol. The Morgan fingerprint density at radius 3 is 2.74 bits per heavy atom. The molecule has 1 aliphatic heterocycles. The molecular formula is C17H14N2O3S. The van der Waals surface area contributed by atoms with Crippen LogP contribution in [0.3, 0.4) is 0 Å². The Hall–Kier alpha value is -2.73. The van der Waals surface area contributed by atoms with Gasteiger partial charge in [-0.3, -0.25) is 4.79 Å². The fraction of sp³-hybridized carbons (Fsp3) is 0.0588. The van der Waals surface area contributed by atoms with Crippen LogP contribution in [-0.4, -0.2) is 23.3 Å². The Kier molecular flexibility index (Phi) is 4.34. The minimum Gasteiger partial charge on any atom is -0.504 e. The van der Waals surface area contributed by atoms with Gasteiger partial charge >= 0.3 is 0 Å². The molecule has 0 aliphatic carbocycles. The first-order chi connectivity index (χ1) is 11.2. The van der Waals surface area contributed by atoms with Gasteiger partial charge in [-0.05, 0) is 47.7 Å². The number of thioether (sulfide) groups is 1. The van der Waals surface area contributed by atoms with Crippen molar-refractivity contribution in [3.63, 3.8) is 0 Å². The van der Waals surface area contributed by atoms with Gasteiger partial charge in [0.15, 0.2) is 11.5 Å². The third kappa shape index (κ3) is 3.54. The molecule has 3 rings (SSSR count). The first kappa shape index (κ1) is 15.2. The Balaban J connectivity index is 1.96. The third-order valence-electron chi connectivity index (χ3n) is 3.16. The number of hydrogen-bond donors (Lipinski definition) is 2. The molecule has 2 aromatic carbocycles. The number of aliphatic imine (C=N–C) groups is 1. The number of carbonyl (C=O) groups is 1. The highest BCUT2D eigenvalue weighted by atomic mass is 32.2. The lowest BCUT2D eigenvalue weighted by molar-refractivity contribution is 0.265. The summed E-state index contributed by atoms with van der Waals surface area (Å²) in [6, 6.07) is 14.4. The summed E-state index contributed by atoms with van der Waals surface area (Å²) in [5, 5.41) is 12.2. The second kappa shape index (κ2) is 6.58. The third-order valence-corrected chi connectivity index (χ3v) is 3.97. The van der Waals surface area contributed by atoms with Crippen molar-refractivity contribution in [3.8, 4) is 11.5 Å². The summed E-state index contributed by atoms with van der Waals surface area (Å²) >= 11 is 1.08. The number of nitrogens with zero attached hydrogens (tertiary/aromatic N) is 1. The van der Waals surface area contributed by atoms with Gasteiger partial charge in [0.2, 0.25) is 0 Å². The number of para-hydroxylation sites is 1. The number of phenolic OH excluding ortho intramolecular Hbond substituents is 1. The summed E-state index contributed by atoms with van der Waals surface area (Å²) < 4.78 is 5.09. The van der Waals surface area contributed by atoms with E-state index in [0.717, 1.165) is 23.0 Å². The maximum absolute atomic E-state index is 11.7. The number of methoxy groups -OCH3 is 1. The van der Waals surface area contributed by atoms with E-state index in [-0.39, 0.29) is 11.0 Å². The zero-order valence-corrected chi connectivity index (χ0v) is 13.1. The number of carbonyl (C=O) groups excluding carboxylic acids is 1. The summed E-state index contributed by atoms with van der Waals surface area (Å²) in [5.74, 6) is 0.961. The number of amidine groups is 1. The number of rotatable bonds is 3. The van der Waals surface area contributed by atoms with Crippen molar-refractivity contribution in [1.29, 1.82) is 0 Å². The van der Waals surface area contributed by atoms with Gasteiger partial charge in [0, 0.05) is 0 Å². The Morgan fingerprint density at radius 2 is 2.00 bits per heavy atom. The number of amides is 1. The highest BCUT2D eigenvalue weighted by Crippen LogP contribution is 2.31. The van der Waals surface area contributed by atoms with Gasteiger partial charge in [-0.15, -0.1) is 0 Å². The topological polar surface area (TPSA) is 70.9 Å². The second-order valence-corrected chi connectivity index (χ2v) is 5.77. The second-order valence-electron chi connectivity index (χ2n) is 4.75. The molecule has 0 bridgehead atoms. The quantitative estimate of drug-likeness (QED) is 0.896. The van der Waals surface area contributed by atoms with Gasteiger partial charge < -0.3 is 15.2 Å². The Bertz CT molecular complexity index is 801. The zero-order valence-electron chi connectivity index (χ0n) is 12.3. The number of hydrogen-bond acceptors (Lipinski definition) is 5. The summed E-state index contributed by atoms with van der Waals surface area (Å²) in [7, 11) is 1.49.